The Morgan fingerprint density at radius 2 is 2.10 bits per heavy atom. The topological polar surface area (TPSA) is 27.0 Å². The van der Waals surface area contributed by atoms with Gasteiger partial charge in [0.05, 0.1) is 19.2 Å². The van der Waals surface area contributed by atoms with Crippen molar-refractivity contribution >= 4 is 0 Å². The third-order valence-electron chi connectivity index (χ3n) is 1.22. The van der Waals surface area contributed by atoms with E-state index in [-0.39, 0.29) is 0 Å². The van der Waals surface area contributed by atoms with E-state index in [1.807, 2.05) is 11.8 Å². The first-order valence-corrected chi connectivity index (χ1v) is 3.34. The second-order valence-corrected chi connectivity index (χ2v) is 1.89. The van der Waals surface area contributed by atoms with Gasteiger partial charge in [-0.3, -0.25) is 4.90 Å². The molecule has 0 aromatic carbocycles. The van der Waals surface area contributed by atoms with Crippen LogP contribution in [0.1, 0.15) is 13.8 Å². The summed E-state index contributed by atoms with van der Waals surface area (Å²) < 4.78 is 0. The van der Waals surface area contributed by atoms with Crippen LogP contribution in [0, 0.1) is 23.2 Å². The van der Waals surface area contributed by atoms with Crippen LogP contribution in [-0.4, -0.2) is 24.5 Å². The number of hydrogen-bond acceptors (Lipinski definition) is 2. The zero-order valence-electron chi connectivity index (χ0n) is 6.52. The van der Waals surface area contributed by atoms with Crippen LogP contribution < -0.4 is 0 Å². The van der Waals surface area contributed by atoms with E-state index in [0.29, 0.717) is 13.1 Å². The van der Waals surface area contributed by atoms with Gasteiger partial charge in [0.25, 0.3) is 0 Å². The standard InChI is InChI=1S/C8H12N2/c1-3-5-7-10(4-2)8-6-9/h4,7-8H2,1-2H3. The summed E-state index contributed by atoms with van der Waals surface area (Å²) in [5.74, 6) is 5.70. The van der Waals surface area contributed by atoms with Crippen LogP contribution in [-0.2, 0) is 0 Å². The Morgan fingerprint density at radius 1 is 1.40 bits per heavy atom. The van der Waals surface area contributed by atoms with Gasteiger partial charge in [0.2, 0.25) is 0 Å². The van der Waals surface area contributed by atoms with Crippen LogP contribution in [0.15, 0.2) is 0 Å². The van der Waals surface area contributed by atoms with Crippen LogP contribution in [0.25, 0.3) is 0 Å². The highest BCUT2D eigenvalue weighted by Gasteiger charge is 1.95. The van der Waals surface area contributed by atoms with Gasteiger partial charge in [-0.05, 0) is 13.5 Å². The molecule has 0 aromatic rings. The van der Waals surface area contributed by atoms with Crippen molar-refractivity contribution in [3.05, 3.63) is 0 Å². The molecule has 0 rings (SSSR count). The van der Waals surface area contributed by atoms with Gasteiger partial charge >= 0.3 is 0 Å². The van der Waals surface area contributed by atoms with E-state index in [0.717, 1.165) is 6.54 Å². The molecule has 0 fully saturated rings. The molecule has 0 spiro atoms. The van der Waals surface area contributed by atoms with E-state index in [2.05, 4.69) is 17.9 Å². The molecule has 0 unspecified atom stereocenters. The summed E-state index contributed by atoms with van der Waals surface area (Å²) in [6.07, 6.45) is 0. The Morgan fingerprint density at radius 3 is 2.50 bits per heavy atom. The highest BCUT2D eigenvalue weighted by Crippen LogP contribution is 1.82. The lowest BCUT2D eigenvalue weighted by atomic mass is 10.4. The maximum Gasteiger partial charge on any atom is 0.0873 e. The molecule has 0 aliphatic rings. The van der Waals surface area contributed by atoms with Crippen LogP contribution in [0.2, 0.25) is 0 Å². The fourth-order valence-electron chi connectivity index (χ4n) is 0.570. The zero-order valence-corrected chi connectivity index (χ0v) is 6.52. The Bertz CT molecular complexity index is 168. The first-order chi connectivity index (χ1) is 4.85. The number of hydrogen-bond donors (Lipinski definition) is 0. The first-order valence-electron chi connectivity index (χ1n) is 3.34. The number of nitrogens with zero attached hydrogens (tertiary/aromatic N) is 2. The predicted molar refractivity (Wildman–Crippen MR) is 41.2 cm³/mol. The maximum absolute atomic E-state index is 8.33. The molecule has 0 atom stereocenters. The first kappa shape index (κ1) is 9.01. The monoisotopic (exact) mass is 136 g/mol. The molecule has 0 heterocycles. The molecular weight excluding hydrogens is 124 g/mol. The third-order valence-corrected chi connectivity index (χ3v) is 1.22. The zero-order chi connectivity index (χ0) is 7.82. The van der Waals surface area contributed by atoms with Crippen molar-refractivity contribution in [3.8, 4) is 17.9 Å². The molecule has 2 heteroatoms. The van der Waals surface area contributed by atoms with Crippen LogP contribution in [0.5, 0.6) is 0 Å². The number of nitriles is 1. The van der Waals surface area contributed by atoms with Gasteiger partial charge < -0.3 is 0 Å². The molecule has 0 amide bonds. The molecule has 54 valence electrons. The van der Waals surface area contributed by atoms with Crippen LogP contribution in [0.3, 0.4) is 0 Å². The molecule has 0 bridgehead atoms. The van der Waals surface area contributed by atoms with E-state index in [1.54, 1.807) is 6.92 Å². The summed E-state index contributed by atoms with van der Waals surface area (Å²) in [6.45, 7) is 5.91. The maximum atomic E-state index is 8.33. The summed E-state index contributed by atoms with van der Waals surface area (Å²) in [4.78, 5) is 1.98. The van der Waals surface area contributed by atoms with Gasteiger partial charge in [-0.15, -0.1) is 5.92 Å². The fourth-order valence-corrected chi connectivity index (χ4v) is 0.570. The van der Waals surface area contributed by atoms with E-state index >= 15 is 0 Å². The third kappa shape index (κ3) is 3.95. The van der Waals surface area contributed by atoms with Gasteiger partial charge in [-0.25, -0.2) is 0 Å². The lowest BCUT2D eigenvalue weighted by Crippen LogP contribution is -2.23. The van der Waals surface area contributed by atoms with Crippen molar-refractivity contribution in [2.24, 2.45) is 0 Å². The Balaban J connectivity index is 3.58. The number of rotatable bonds is 3. The molecule has 10 heavy (non-hydrogen) atoms. The molecule has 0 saturated heterocycles. The second-order valence-electron chi connectivity index (χ2n) is 1.89. The highest BCUT2D eigenvalue weighted by molar-refractivity contribution is 4.98. The van der Waals surface area contributed by atoms with Gasteiger partial charge in [-0.2, -0.15) is 5.26 Å². The van der Waals surface area contributed by atoms with Gasteiger partial charge in [0, 0.05) is 0 Å². The van der Waals surface area contributed by atoms with Gasteiger partial charge in [-0.1, -0.05) is 12.8 Å². The van der Waals surface area contributed by atoms with Crippen molar-refractivity contribution in [1.82, 2.24) is 4.90 Å². The van der Waals surface area contributed by atoms with E-state index in [4.69, 9.17) is 5.26 Å². The minimum Gasteiger partial charge on any atom is -0.280 e. The van der Waals surface area contributed by atoms with Crippen LogP contribution >= 0.6 is 0 Å². The summed E-state index contributed by atoms with van der Waals surface area (Å²) in [6, 6.07) is 2.09. The SMILES string of the molecule is CC#CCN(CC)CC#N. The average molecular weight is 136 g/mol. The molecule has 0 saturated carbocycles. The molecule has 0 aliphatic carbocycles. The van der Waals surface area contributed by atoms with Crippen molar-refractivity contribution in [2.75, 3.05) is 19.6 Å². The predicted octanol–water partition coefficient (Wildman–Crippen LogP) is 0.855. The lowest BCUT2D eigenvalue weighted by molar-refractivity contribution is 0.364. The normalized spacial score (nSPS) is 8.20. The smallest absolute Gasteiger partial charge is 0.0873 e. The van der Waals surface area contributed by atoms with Crippen molar-refractivity contribution in [3.63, 3.8) is 0 Å². The Kier molecular flexibility index (Phi) is 5.53. The van der Waals surface area contributed by atoms with E-state index < -0.39 is 0 Å². The minimum absolute atomic E-state index is 0.477. The minimum atomic E-state index is 0.477. The van der Waals surface area contributed by atoms with Crippen molar-refractivity contribution in [1.29, 1.82) is 5.26 Å². The molecular formula is C8H12N2. The average Bonchev–Trinajstić information content (AvgIpc) is 1.98. The fraction of sp³-hybridized carbons (Fsp3) is 0.625. The van der Waals surface area contributed by atoms with Crippen molar-refractivity contribution in [2.45, 2.75) is 13.8 Å². The largest absolute Gasteiger partial charge is 0.280 e. The Hall–Kier alpha value is -0.990. The van der Waals surface area contributed by atoms with E-state index in [9.17, 15) is 0 Å². The highest BCUT2D eigenvalue weighted by atomic mass is 15.1. The second kappa shape index (κ2) is 6.13. The van der Waals surface area contributed by atoms with Crippen LogP contribution in [0.4, 0.5) is 0 Å². The molecule has 0 N–H and O–H groups in total. The van der Waals surface area contributed by atoms with Gasteiger partial charge in [0.15, 0.2) is 0 Å². The van der Waals surface area contributed by atoms with E-state index in [1.165, 1.54) is 0 Å². The lowest BCUT2D eigenvalue weighted by Gasteiger charge is -2.11. The van der Waals surface area contributed by atoms with Crippen molar-refractivity contribution < 1.29 is 0 Å². The molecule has 2 nitrogen and oxygen atoms in total. The summed E-state index contributed by atoms with van der Waals surface area (Å²) in [7, 11) is 0. The van der Waals surface area contributed by atoms with Gasteiger partial charge in [0.1, 0.15) is 0 Å². The molecule has 0 radical (unpaired) electrons. The summed E-state index contributed by atoms with van der Waals surface area (Å²) >= 11 is 0. The molecule has 0 aliphatic heterocycles. The summed E-state index contributed by atoms with van der Waals surface area (Å²) in [5.41, 5.74) is 0. The Labute approximate surface area is 62.4 Å². The molecule has 0 aromatic heterocycles. The summed E-state index contributed by atoms with van der Waals surface area (Å²) in [5, 5.41) is 8.33. The quantitative estimate of drug-likeness (QED) is 0.425.